The Kier molecular flexibility index (Phi) is 5.74. The number of benzene rings is 1. The van der Waals surface area contributed by atoms with E-state index in [0.29, 0.717) is 13.1 Å². The van der Waals surface area contributed by atoms with Crippen molar-refractivity contribution in [2.24, 2.45) is 0 Å². The van der Waals surface area contributed by atoms with Crippen molar-refractivity contribution in [1.82, 2.24) is 4.90 Å². The summed E-state index contributed by atoms with van der Waals surface area (Å²) in [4.78, 5) is 35.8. The van der Waals surface area contributed by atoms with Gasteiger partial charge in [0.2, 0.25) is 0 Å². The Balaban J connectivity index is 1.99. The molecule has 0 bridgehead atoms. The zero-order chi connectivity index (χ0) is 17.9. The molecule has 1 heterocycles. The number of rotatable bonds is 4. The predicted molar refractivity (Wildman–Crippen MR) is 85.0 cm³/mol. The Hall–Kier alpha value is -2.19. The molecule has 9 heteroatoms. The lowest BCUT2D eigenvalue weighted by atomic mass is 10.2. The topological polar surface area (TPSA) is 99.0 Å². The van der Waals surface area contributed by atoms with Crippen molar-refractivity contribution in [1.29, 1.82) is 0 Å². The van der Waals surface area contributed by atoms with Gasteiger partial charge in [0.25, 0.3) is 11.6 Å². The maximum atomic E-state index is 12.1. The normalized spacial score (nSPS) is 20.5. The highest BCUT2D eigenvalue weighted by Gasteiger charge is 2.27. The van der Waals surface area contributed by atoms with Crippen LogP contribution < -0.4 is 0 Å². The fraction of sp³-hybridized carbons (Fsp3) is 0.467. The number of hydrogen-bond acceptors (Lipinski definition) is 6. The molecule has 0 aromatic heterocycles. The Morgan fingerprint density at radius 1 is 1.38 bits per heavy atom. The van der Waals surface area contributed by atoms with Gasteiger partial charge in [-0.25, -0.2) is 4.79 Å². The van der Waals surface area contributed by atoms with Gasteiger partial charge in [-0.1, -0.05) is 11.6 Å². The van der Waals surface area contributed by atoms with Gasteiger partial charge >= 0.3 is 5.97 Å². The molecule has 1 fully saturated rings. The number of hydrogen-bond donors (Lipinski definition) is 0. The predicted octanol–water partition coefficient (Wildman–Crippen LogP) is 2.04. The van der Waals surface area contributed by atoms with Crippen LogP contribution in [0.3, 0.4) is 0 Å². The lowest BCUT2D eigenvalue weighted by Gasteiger charge is -2.35. The summed E-state index contributed by atoms with van der Waals surface area (Å²) >= 11 is 5.86. The average Bonchev–Trinajstić information content (AvgIpc) is 2.51. The molecule has 2 atom stereocenters. The highest BCUT2D eigenvalue weighted by atomic mass is 35.5. The second-order valence-electron chi connectivity index (χ2n) is 5.55. The van der Waals surface area contributed by atoms with Crippen LogP contribution in [0.25, 0.3) is 0 Å². The maximum Gasteiger partial charge on any atom is 0.340 e. The van der Waals surface area contributed by atoms with Crippen LogP contribution >= 0.6 is 11.6 Å². The Morgan fingerprint density at radius 2 is 2.00 bits per heavy atom. The molecule has 1 amide bonds. The summed E-state index contributed by atoms with van der Waals surface area (Å²) < 4.78 is 10.5. The maximum absolute atomic E-state index is 12.1. The molecule has 1 aromatic rings. The minimum Gasteiger partial charge on any atom is -0.452 e. The van der Waals surface area contributed by atoms with Crippen LogP contribution in [0.2, 0.25) is 5.02 Å². The molecule has 8 nitrogen and oxygen atoms in total. The molecule has 0 N–H and O–H groups in total. The van der Waals surface area contributed by atoms with Gasteiger partial charge in [-0.05, 0) is 19.9 Å². The Morgan fingerprint density at radius 3 is 2.58 bits per heavy atom. The van der Waals surface area contributed by atoms with Crippen LogP contribution in [0.15, 0.2) is 18.2 Å². The third-order valence-corrected chi connectivity index (χ3v) is 3.81. The minimum absolute atomic E-state index is 0.0201. The lowest BCUT2D eigenvalue weighted by molar-refractivity contribution is -0.384. The second-order valence-corrected chi connectivity index (χ2v) is 5.96. The van der Waals surface area contributed by atoms with E-state index in [1.807, 2.05) is 13.8 Å². The molecule has 1 aromatic carbocycles. The Bertz CT molecular complexity index is 655. The first-order valence-electron chi connectivity index (χ1n) is 7.32. The number of amides is 1. The first-order valence-corrected chi connectivity index (χ1v) is 7.70. The minimum atomic E-state index is -0.883. The molecule has 2 rings (SSSR count). The van der Waals surface area contributed by atoms with Crippen LogP contribution in [-0.2, 0) is 14.3 Å². The van der Waals surface area contributed by atoms with Gasteiger partial charge in [0.05, 0.1) is 27.7 Å². The molecule has 130 valence electrons. The van der Waals surface area contributed by atoms with Gasteiger partial charge in [0.1, 0.15) is 0 Å². The number of morpholine rings is 1. The van der Waals surface area contributed by atoms with Crippen LogP contribution in [0.5, 0.6) is 0 Å². The monoisotopic (exact) mass is 356 g/mol. The van der Waals surface area contributed by atoms with E-state index in [4.69, 9.17) is 21.1 Å². The molecule has 0 saturated carbocycles. The summed E-state index contributed by atoms with van der Waals surface area (Å²) in [5, 5.41) is 10.8. The van der Waals surface area contributed by atoms with Crippen molar-refractivity contribution in [3.05, 3.63) is 38.9 Å². The van der Waals surface area contributed by atoms with Gasteiger partial charge < -0.3 is 14.4 Å². The largest absolute Gasteiger partial charge is 0.452 e. The molecule has 24 heavy (non-hydrogen) atoms. The number of halogens is 1. The number of ether oxygens (including phenoxy) is 2. The van der Waals surface area contributed by atoms with Crippen molar-refractivity contribution in [2.75, 3.05) is 19.7 Å². The SMILES string of the molecule is C[C@H]1CN(C(=O)COC(=O)c2cc([N+](=O)[O-])ccc2Cl)C[C@H](C)O1. The quantitative estimate of drug-likeness (QED) is 0.465. The third-order valence-electron chi connectivity index (χ3n) is 3.48. The van der Waals surface area contributed by atoms with Crippen molar-refractivity contribution >= 4 is 29.2 Å². The first kappa shape index (κ1) is 18.2. The average molecular weight is 357 g/mol. The van der Waals surface area contributed by atoms with E-state index in [9.17, 15) is 19.7 Å². The summed E-state index contributed by atoms with van der Waals surface area (Å²) in [6, 6.07) is 3.44. The molecular formula is C15H17ClN2O6. The molecule has 1 aliphatic heterocycles. The number of nitro benzene ring substituents is 1. The fourth-order valence-corrected chi connectivity index (χ4v) is 2.66. The number of non-ortho nitro benzene ring substituents is 1. The highest BCUT2D eigenvalue weighted by Crippen LogP contribution is 2.22. The van der Waals surface area contributed by atoms with Crippen LogP contribution in [-0.4, -0.2) is 53.6 Å². The van der Waals surface area contributed by atoms with E-state index in [2.05, 4.69) is 0 Å². The van der Waals surface area contributed by atoms with E-state index in [1.54, 1.807) is 4.90 Å². The van der Waals surface area contributed by atoms with Gasteiger partial charge in [0.15, 0.2) is 6.61 Å². The summed E-state index contributed by atoms with van der Waals surface area (Å²) in [5.41, 5.74) is -0.434. The molecule has 1 aliphatic rings. The van der Waals surface area contributed by atoms with E-state index < -0.39 is 17.5 Å². The molecule has 0 radical (unpaired) electrons. The molecular weight excluding hydrogens is 340 g/mol. The first-order chi connectivity index (χ1) is 11.3. The molecule has 0 spiro atoms. The van der Waals surface area contributed by atoms with Crippen LogP contribution in [0, 0.1) is 10.1 Å². The third kappa shape index (κ3) is 4.42. The Labute approximate surface area is 143 Å². The fourth-order valence-electron chi connectivity index (χ4n) is 2.46. The van der Waals surface area contributed by atoms with Crippen molar-refractivity contribution < 1.29 is 24.0 Å². The van der Waals surface area contributed by atoms with Crippen LogP contribution in [0.4, 0.5) is 5.69 Å². The van der Waals surface area contributed by atoms with E-state index >= 15 is 0 Å². The number of carbonyl (C=O) groups excluding carboxylic acids is 2. The smallest absolute Gasteiger partial charge is 0.340 e. The van der Waals surface area contributed by atoms with Gasteiger partial charge in [-0.15, -0.1) is 0 Å². The van der Waals surface area contributed by atoms with Crippen molar-refractivity contribution in [3.63, 3.8) is 0 Å². The lowest BCUT2D eigenvalue weighted by Crippen LogP contribution is -2.49. The summed E-state index contributed by atoms with van der Waals surface area (Å²) in [5.74, 6) is -1.24. The number of esters is 1. The highest BCUT2D eigenvalue weighted by molar-refractivity contribution is 6.33. The summed E-state index contributed by atoms with van der Waals surface area (Å²) in [7, 11) is 0. The van der Waals surface area contributed by atoms with Gasteiger partial charge in [0, 0.05) is 25.2 Å². The van der Waals surface area contributed by atoms with Crippen molar-refractivity contribution in [2.45, 2.75) is 26.1 Å². The number of nitrogens with zero attached hydrogens (tertiary/aromatic N) is 2. The molecule has 1 saturated heterocycles. The zero-order valence-corrected chi connectivity index (χ0v) is 14.0. The van der Waals surface area contributed by atoms with E-state index in [-0.39, 0.29) is 34.4 Å². The van der Waals surface area contributed by atoms with E-state index in [0.717, 1.165) is 6.07 Å². The van der Waals surface area contributed by atoms with Crippen molar-refractivity contribution in [3.8, 4) is 0 Å². The standard InChI is InChI=1S/C15H17ClN2O6/c1-9-6-17(7-10(2)24-9)14(19)8-23-15(20)12-5-11(18(21)22)3-4-13(12)16/h3-5,9-10H,6-8H2,1-2H3/t9-,10-/m0/s1. The number of nitro groups is 1. The van der Waals surface area contributed by atoms with Crippen LogP contribution in [0.1, 0.15) is 24.2 Å². The van der Waals surface area contributed by atoms with E-state index in [1.165, 1.54) is 12.1 Å². The number of carbonyl (C=O) groups is 2. The van der Waals surface area contributed by atoms with Gasteiger partial charge in [-0.2, -0.15) is 0 Å². The zero-order valence-electron chi connectivity index (χ0n) is 13.2. The molecule has 0 aliphatic carbocycles. The summed E-state index contributed by atoms with van der Waals surface area (Å²) in [6.07, 6.45) is -0.195. The summed E-state index contributed by atoms with van der Waals surface area (Å²) in [6.45, 7) is 4.07. The van der Waals surface area contributed by atoms with Gasteiger partial charge in [-0.3, -0.25) is 14.9 Å². The second kappa shape index (κ2) is 7.59. The molecule has 0 unspecified atom stereocenters.